The number of esters is 1. The second-order valence-corrected chi connectivity index (χ2v) is 8.70. The number of amides is 1. The average molecular weight is 448 g/mol. The maximum atomic E-state index is 12.3. The molecule has 10 heteroatoms. The molecule has 2 atom stereocenters. The topological polar surface area (TPSA) is 105 Å². The lowest BCUT2D eigenvalue weighted by Crippen LogP contribution is -2.47. The van der Waals surface area contributed by atoms with Gasteiger partial charge >= 0.3 is 5.97 Å². The number of piperidine rings is 1. The lowest BCUT2D eigenvalue weighted by atomic mass is 9.97. The number of ether oxygens (including phenoxy) is 1. The van der Waals surface area contributed by atoms with Gasteiger partial charge in [-0.3, -0.25) is 15.1 Å². The normalized spacial score (nSPS) is 19.8. The van der Waals surface area contributed by atoms with Crippen LogP contribution in [0, 0.1) is 0 Å². The van der Waals surface area contributed by atoms with E-state index in [1.165, 1.54) is 30.7 Å². The van der Waals surface area contributed by atoms with E-state index in [1.807, 2.05) is 0 Å². The van der Waals surface area contributed by atoms with E-state index in [-0.39, 0.29) is 35.9 Å². The number of hydrogen-bond donors (Lipinski definition) is 2. The summed E-state index contributed by atoms with van der Waals surface area (Å²) in [6.07, 6.45) is 3.62. The number of hydrogen-bond acceptors (Lipinski definition) is 6. The fraction of sp³-hybridized carbons (Fsp3) is 0.579. The first-order chi connectivity index (χ1) is 13.2. The Morgan fingerprint density at radius 3 is 2.28 bits per heavy atom. The lowest BCUT2D eigenvalue weighted by molar-refractivity contribution is -0.122. The Morgan fingerprint density at radius 1 is 1.14 bits per heavy atom. The molecule has 1 aromatic carbocycles. The van der Waals surface area contributed by atoms with E-state index >= 15 is 0 Å². The van der Waals surface area contributed by atoms with E-state index in [0.29, 0.717) is 18.6 Å². The Labute approximate surface area is 178 Å². The third-order valence-electron chi connectivity index (χ3n) is 4.97. The zero-order valence-electron chi connectivity index (χ0n) is 17.0. The van der Waals surface area contributed by atoms with Gasteiger partial charge in [-0.1, -0.05) is 6.42 Å². The second-order valence-electron chi connectivity index (χ2n) is 7.02. The van der Waals surface area contributed by atoms with Crippen molar-refractivity contribution >= 4 is 34.3 Å². The van der Waals surface area contributed by atoms with E-state index in [4.69, 9.17) is 4.74 Å². The van der Waals surface area contributed by atoms with Crippen LogP contribution in [0.3, 0.4) is 0 Å². The standard InChI is InChI=1S/C19H29N3O5S.ClH/c1-4-27-19(24)16-8-10-17(11-9-16)28(25,26)21-20-18(23)12-13-22-14(2)6-5-7-15(22)3;/h8-11,14-15,21H,4-7,12-13H2,1-3H3,(H,20,23);1H. The smallest absolute Gasteiger partial charge is 0.338 e. The number of rotatable bonds is 8. The number of carbonyl (C=O) groups excluding carboxylic acids is 2. The summed E-state index contributed by atoms with van der Waals surface area (Å²) in [7, 11) is -3.92. The summed E-state index contributed by atoms with van der Waals surface area (Å²) in [6, 6.07) is 6.16. The van der Waals surface area contributed by atoms with Gasteiger partial charge in [-0.25, -0.2) is 13.2 Å². The van der Waals surface area contributed by atoms with Gasteiger partial charge in [0.2, 0.25) is 5.91 Å². The van der Waals surface area contributed by atoms with Crippen molar-refractivity contribution in [2.24, 2.45) is 0 Å². The number of benzene rings is 1. The Kier molecular flexibility index (Phi) is 10.0. The van der Waals surface area contributed by atoms with Gasteiger partial charge in [0.05, 0.1) is 17.1 Å². The van der Waals surface area contributed by atoms with Crippen LogP contribution in [0.5, 0.6) is 0 Å². The molecule has 1 heterocycles. The molecular formula is C19H30ClN3O5S. The molecule has 8 nitrogen and oxygen atoms in total. The Hall–Kier alpha value is -1.68. The highest BCUT2D eigenvalue weighted by molar-refractivity contribution is 7.89. The number of carbonyl (C=O) groups is 2. The zero-order valence-corrected chi connectivity index (χ0v) is 18.6. The van der Waals surface area contributed by atoms with Crippen molar-refractivity contribution in [2.75, 3.05) is 13.2 Å². The number of hydrazine groups is 1. The van der Waals surface area contributed by atoms with E-state index < -0.39 is 21.9 Å². The predicted molar refractivity (Wildman–Crippen MR) is 112 cm³/mol. The Balaban J connectivity index is 0.00000420. The molecule has 2 unspecified atom stereocenters. The third-order valence-corrected chi connectivity index (χ3v) is 6.24. The van der Waals surface area contributed by atoms with Gasteiger partial charge in [0, 0.05) is 25.0 Å². The number of halogens is 1. The first kappa shape index (κ1) is 25.4. The Bertz CT molecular complexity index is 776. The summed E-state index contributed by atoms with van der Waals surface area (Å²) >= 11 is 0. The maximum Gasteiger partial charge on any atom is 0.338 e. The first-order valence-corrected chi connectivity index (χ1v) is 11.1. The van der Waals surface area contributed by atoms with Crippen LogP contribution in [0.4, 0.5) is 0 Å². The Morgan fingerprint density at radius 2 is 1.72 bits per heavy atom. The van der Waals surface area contributed by atoms with Crippen LogP contribution in [0.1, 0.15) is 56.8 Å². The molecule has 1 aromatic rings. The molecule has 1 amide bonds. The van der Waals surface area contributed by atoms with Gasteiger partial charge in [-0.05, 0) is 57.9 Å². The third kappa shape index (κ3) is 7.26. The van der Waals surface area contributed by atoms with E-state index in [2.05, 4.69) is 29.0 Å². The van der Waals surface area contributed by atoms with Gasteiger partial charge in [-0.15, -0.1) is 17.2 Å². The minimum atomic E-state index is -3.92. The van der Waals surface area contributed by atoms with Gasteiger partial charge in [0.15, 0.2) is 0 Å². The van der Waals surface area contributed by atoms with Crippen LogP contribution in [-0.4, -0.2) is 50.4 Å². The minimum absolute atomic E-state index is 0. The fourth-order valence-corrected chi connectivity index (χ4v) is 4.24. The van der Waals surface area contributed by atoms with Crippen molar-refractivity contribution < 1.29 is 22.7 Å². The molecule has 0 aliphatic carbocycles. The summed E-state index contributed by atoms with van der Waals surface area (Å²) in [6.45, 7) is 6.81. The van der Waals surface area contributed by atoms with E-state index in [1.54, 1.807) is 6.92 Å². The highest BCUT2D eigenvalue weighted by Crippen LogP contribution is 2.22. The van der Waals surface area contributed by atoms with Gasteiger partial charge in [-0.2, -0.15) is 0 Å². The van der Waals surface area contributed by atoms with Gasteiger partial charge < -0.3 is 4.74 Å². The SMILES string of the molecule is CCOC(=O)c1ccc(S(=O)(=O)NNC(=O)CCN2C(C)CCCC2C)cc1.Cl. The van der Waals surface area contributed by atoms with E-state index in [9.17, 15) is 18.0 Å². The van der Waals surface area contributed by atoms with Crippen molar-refractivity contribution in [3.05, 3.63) is 29.8 Å². The highest BCUT2D eigenvalue weighted by Gasteiger charge is 2.25. The van der Waals surface area contributed by atoms with Crippen LogP contribution < -0.4 is 10.3 Å². The van der Waals surface area contributed by atoms with Gasteiger partial charge in [0.1, 0.15) is 0 Å². The number of nitrogens with one attached hydrogen (secondary N) is 2. The fourth-order valence-electron chi connectivity index (χ4n) is 3.38. The largest absolute Gasteiger partial charge is 0.462 e. The number of likely N-dealkylation sites (tertiary alicyclic amines) is 1. The molecule has 0 bridgehead atoms. The molecule has 29 heavy (non-hydrogen) atoms. The highest BCUT2D eigenvalue weighted by atomic mass is 35.5. The number of sulfonamides is 1. The van der Waals surface area contributed by atoms with Gasteiger partial charge in [0.25, 0.3) is 10.0 Å². The summed E-state index contributed by atoms with van der Waals surface area (Å²) in [4.78, 5) is 28.0. The molecule has 1 saturated heterocycles. The van der Waals surface area contributed by atoms with Crippen LogP contribution in [0.15, 0.2) is 29.2 Å². The summed E-state index contributed by atoms with van der Waals surface area (Å²) < 4.78 is 29.5. The van der Waals surface area contributed by atoms with E-state index in [0.717, 1.165) is 12.8 Å². The molecule has 0 radical (unpaired) electrons. The molecule has 1 fully saturated rings. The average Bonchev–Trinajstić information content (AvgIpc) is 2.66. The predicted octanol–water partition coefficient (Wildman–Crippen LogP) is 2.25. The van der Waals surface area contributed by atoms with Crippen LogP contribution in [0.2, 0.25) is 0 Å². The van der Waals surface area contributed by atoms with Crippen LogP contribution >= 0.6 is 12.4 Å². The monoisotopic (exact) mass is 447 g/mol. The zero-order chi connectivity index (χ0) is 20.7. The first-order valence-electron chi connectivity index (χ1n) is 9.58. The summed E-state index contributed by atoms with van der Waals surface area (Å²) in [5, 5.41) is 0. The van der Waals surface area contributed by atoms with Crippen LogP contribution in [-0.2, 0) is 19.6 Å². The summed E-state index contributed by atoms with van der Waals surface area (Å²) in [5.74, 6) is -0.912. The molecule has 2 rings (SSSR count). The maximum absolute atomic E-state index is 12.3. The molecule has 1 aliphatic rings. The molecule has 2 N–H and O–H groups in total. The summed E-state index contributed by atoms with van der Waals surface area (Å²) in [5.41, 5.74) is 2.51. The molecule has 164 valence electrons. The van der Waals surface area contributed by atoms with Crippen molar-refractivity contribution in [3.63, 3.8) is 0 Å². The molecular weight excluding hydrogens is 418 g/mol. The molecule has 0 spiro atoms. The molecule has 0 saturated carbocycles. The van der Waals surface area contributed by atoms with Crippen molar-refractivity contribution in [1.82, 2.24) is 15.2 Å². The van der Waals surface area contributed by atoms with Crippen molar-refractivity contribution in [3.8, 4) is 0 Å². The number of nitrogens with zero attached hydrogens (tertiary/aromatic N) is 1. The molecule has 1 aliphatic heterocycles. The van der Waals surface area contributed by atoms with Crippen molar-refractivity contribution in [2.45, 2.75) is 63.4 Å². The van der Waals surface area contributed by atoms with Crippen molar-refractivity contribution in [1.29, 1.82) is 0 Å². The minimum Gasteiger partial charge on any atom is -0.462 e. The molecule has 0 aromatic heterocycles. The lowest BCUT2D eigenvalue weighted by Gasteiger charge is -2.38. The quantitative estimate of drug-likeness (QED) is 0.467. The second kappa shape index (κ2) is 11.5. The van der Waals surface area contributed by atoms with Crippen LogP contribution in [0.25, 0.3) is 0 Å².